The predicted molar refractivity (Wildman–Crippen MR) is 61.3 cm³/mol. The Bertz CT molecular complexity index is 208. The van der Waals surface area contributed by atoms with E-state index in [2.05, 4.69) is 6.92 Å². The lowest BCUT2D eigenvalue weighted by molar-refractivity contribution is -0.135. The molecule has 1 unspecified atom stereocenters. The number of thioether (sulfide) groups is 1. The van der Waals surface area contributed by atoms with E-state index in [9.17, 15) is 4.79 Å². The van der Waals surface area contributed by atoms with Crippen LogP contribution in [0, 0.1) is 5.92 Å². The normalized spacial score (nSPS) is 25.2. The Hall–Kier alpha value is -0.220. The molecule has 2 atom stereocenters. The Labute approximate surface area is 90.4 Å². The van der Waals surface area contributed by atoms with Gasteiger partial charge >= 0.3 is 0 Å². The molecule has 1 aliphatic rings. The van der Waals surface area contributed by atoms with Crippen molar-refractivity contribution < 1.29 is 4.79 Å². The summed E-state index contributed by atoms with van der Waals surface area (Å²) in [5.74, 6) is 2.43. The molecular weight excluding hydrogens is 196 g/mol. The van der Waals surface area contributed by atoms with Gasteiger partial charge in [0.15, 0.2) is 0 Å². The van der Waals surface area contributed by atoms with Crippen molar-refractivity contribution in [2.45, 2.75) is 32.9 Å². The molecule has 1 saturated heterocycles. The van der Waals surface area contributed by atoms with Crippen molar-refractivity contribution in [1.29, 1.82) is 0 Å². The minimum absolute atomic E-state index is 0.118. The van der Waals surface area contributed by atoms with E-state index in [0.29, 0.717) is 6.04 Å². The first kappa shape index (κ1) is 11.9. The average Bonchev–Trinajstić information content (AvgIpc) is 2.16. The third-order valence-corrected chi connectivity index (χ3v) is 3.84. The van der Waals surface area contributed by atoms with Gasteiger partial charge in [-0.3, -0.25) is 4.79 Å². The number of rotatable bonds is 2. The Kier molecular flexibility index (Phi) is 4.26. The zero-order valence-electron chi connectivity index (χ0n) is 9.19. The van der Waals surface area contributed by atoms with Crippen molar-refractivity contribution in [3.05, 3.63) is 0 Å². The van der Waals surface area contributed by atoms with Gasteiger partial charge in [-0.15, -0.1) is 0 Å². The summed E-state index contributed by atoms with van der Waals surface area (Å²) in [7, 11) is 0. The van der Waals surface area contributed by atoms with E-state index in [1.165, 1.54) is 0 Å². The molecule has 1 heterocycles. The van der Waals surface area contributed by atoms with Crippen LogP contribution in [0.3, 0.4) is 0 Å². The van der Waals surface area contributed by atoms with Crippen molar-refractivity contribution in [3.63, 3.8) is 0 Å². The van der Waals surface area contributed by atoms with Gasteiger partial charge < -0.3 is 10.6 Å². The summed E-state index contributed by atoms with van der Waals surface area (Å²) in [4.78, 5) is 13.9. The van der Waals surface area contributed by atoms with Gasteiger partial charge in [0.1, 0.15) is 0 Å². The molecule has 0 aromatic rings. The quantitative estimate of drug-likeness (QED) is 0.747. The maximum atomic E-state index is 11.9. The van der Waals surface area contributed by atoms with E-state index in [0.717, 1.165) is 18.1 Å². The lowest BCUT2D eigenvalue weighted by Gasteiger charge is -2.35. The van der Waals surface area contributed by atoms with Crippen LogP contribution in [0.4, 0.5) is 0 Å². The van der Waals surface area contributed by atoms with Gasteiger partial charge in [-0.1, -0.05) is 13.8 Å². The summed E-state index contributed by atoms with van der Waals surface area (Å²) in [6.45, 7) is 6.93. The monoisotopic (exact) mass is 216 g/mol. The van der Waals surface area contributed by atoms with Crippen LogP contribution in [0.1, 0.15) is 20.8 Å². The highest BCUT2D eigenvalue weighted by molar-refractivity contribution is 7.99. The minimum atomic E-state index is -0.333. The van der Waals surface area contributed by atoms with Crippen LogP contribution in [-0.2, 0) is 4.79 Å². The van der Waals surface area contributed by atoms with E-state index in [1.807, 2.05) is 30.5 Å². The zero-order valence-corrected chi connectivity index (χ0v) is 10.0. The number of hydrogen-bond acceptors (Lipinski definition) is 3. The van der Waals surface area contributed by atoms with Gasteiger partial charge in [0.05, 0.1) is 6.04 Å². The molecular formula is C10H20N2OS. The number of nitrogens with zero attached hydrogens (tertiary/aromatic N) is 1. The van der Waals surface area contributed by atoms with Gasteiger partial charge in [-0.2, -0.15) is 11.8 Å². The molecule has 3 nitrogen and oxygen atoms in total. The molecule has 14 heavy (non-hydrogen) atoms. The maximum Gasteiger partial charge on any atom is 0.240 e. The molecule has 4 heteroatoms. The van der Waals surface area contributed by atoms with Crippen LogP contribution in [0.5, 0.6) is 0 Å². The summed E-state index contributed by atoms with van der Waals surface area (Å²) in [6.07, 6.45) is 0. The Morgan fingerprint density at radius 1 is 1.57 bits per heavy atom. The maximum absolute atomic E-state index is 11.9. The standard InChI is InChI=1S/C10H20N2OS/c1-7(2)9(11)10(13)12-4-5-14-6-8(12)3/h7-9H,4-6,11H2,1-3H3/t8?,9-/m1/s1. The topological polar surface area (TPSA) is 46.3 Å². The molecule has 1 rings (SSSR count). The number of nitrogens with two attached hydrogens (primary N) is 1. The highest BCUT2D eigenvalue weighted by atomic mass is 32.2. The van der Waals surface area contributed by atoms with Crippen molar-refractivity contribution in [3.8, 4) is 0 Å². The van der Waals surface area contributed by atoms with Crippen molar-refractivity contribution in [1.82, 2.24) is 4.90 Å². The first-order valence-electron chi connectivity index (χ1n) is 5.18. The lowest BCUT2D eigenvalue weighted by atomic mass is 10.0. The zero-order chi connectivity index (χ0) is 10.7. The van der Waals surface area contributed by atoms with Gasteiger partial charge in [-0.05, 0) is 12.8 Å². The summed E-state index contributed by atoms with van der Waals surface area (Å²) < 4.78 is 0. The predicted octanol–water partition coefficient (Wildman–Crippen LogP) is 0.934. The van der Waals surface area contributed by atoms with Crippen molar-refractivity contribution >= 4 is 17.7 Å². The second-order valence-corrected chi connectivity index (χ2v) is 5.38. The Balaban J connectivity index is 2.58. The Morgan fingerprint density at radius 2 is 2.21 bits per heavy atom. The van der Waals surface area contributed by atoms with Gasteiger partial charge in [0.25, 0.3) is 0 Å². The van der Waals surface area contributed by atoms with Gasteiger partial charge in [0.2, 0.25) is 5.91 Å². The molecule has 82 valence electrons. The lowest BCUT2D eigenvalue weighted by Crippen LogP contribution is -2.52. The fourth-order valence-corrected chi connectivity index (χ4v) is 2.54. The van der Waals surface area contributed by atoms with Crippen molar-refractivity contribution in [2.75, 3.05) is 18.1 Å². The van der Waals surface area contributed by atoms with Crippen molar-refractivity contribution in [2.24, 2.45) is 11.7 Å². The first-order chi connectivity index (χ1) is 6.54. The number of hydrogen-bond donors (Lipinski definition) is 1. The second-order valence-electron chi connectivity index (χ2n) is 4.23. The van der Waals surface area contributed by atoms with Gasteiger partial charge in [0, 0.05) is 24.1 Å². The van der Waals surface area contributed by atoms with E-state index >= 15 is 0 Å². The smallest absolute Gasteiger partial charge is 0.240 e. The highest BCUT2D eigenvalue weighted by Gasteiger charge is 2.28. The molecule has 1 fully saturated rings. The van der Waals surface area contributed by atoms with Crippen LogP contribution in [0.25, 0.3) is 0 Å². The molecule has 2 N–H and O–H groups in total. The molecule has 0 saturated carbocycles. The summed E-state index contributed by atoms with van der Waals surface area (Å²) in [5.41, 5.74) is 5.86. The molecule has 0 aromatic carbocycles. The van der Waals surface area contributed by atoms with E-state index in [1.54, 1.807) is 0 Å². The van der Waals surface area contributed by atoms with Crippen LogP contribution in [0.15, 0.2) is 0 Å². The van der Waals surface area contributed by atoms with Crippen LogP contribution >= 0.6 is 11.8 Å². The van der Waals surface area contributed by atoms with E-state index in [-0.39, 0.29) is 17.9 Å². The highest BCUT2D eigenvalue weighted by Crippen LogP contribution is 2.17. The van der Waals surface area contributed by atoms with E-state index in [4.69, 9.17) is 5.73 Å². The molecule has 0 radical (unpaired) electrons. The molecule has 1 aliphatic heterocycles. The summed E-state index contributed by atoms with van der Waals surface area (Å²) >= 11 is 1.91. The molecule has 0 aromatic heterocycles. The van der Waals surface area contributed by atoms with Crippen LogP contribution < -0.4 is 5.73 Å². The molecule has 0 spiro atoms. The largest absolute Gasteiger partial charge is 0.337 e. The third-order valence-electron chi connectivity index (χ3n) is 2.65. The van der Waals surface area contributed by atoms with E-state index < -0.39 is 0 Å². The molecule has 1 amide bonds. The second kappa shape index (κ2) is 5.03. The molecule has 0 aliphatic carbocycles. The van der Waals surface area contributed by atoms with Crippen LogP contribution in [0.2, 0.25) is 0 Å². The Morgan fingerprint density at radius 3 is 2.71 bits per heavy atom. The fourth-order valence-electron chi connectivity index (χ4n) is 1.53. The first-order valence-corrected chi connectivity index (χ1v) is 6.33. The number of carbonyl (C=O) groups is 1. The fraction of sp³-hybridized carbons (Fsp3) is 0.900. The average molecular weight is 216 g/mol. The molecule has 0 bridgehead atoms. The summed E-state index contributed by atoms with van der Waals surface area (Å²) in [6, 6.07) is 0.00611. The number of carbonyl (C=O) groups excluding carboxylic acids is 1. The van der Waals surface area contributed by atoms with Crippen LogP contribution in [-0.4, -0.2) is 40.9 Å². The third kappa shape index (κ3) is 2.64. The number of amides is 1. The summed E-state index contributed by atoms with van der Waals surface area (Å²) in [5, 5.41) is 0. The van der Waals surface area contributed by atoms with Gasteiger partial charge in [-0.25, -0.2) is 0 Å². The SMILES string of the molecule is CC(C)[C@@H](N)C(=O)N1CCSCC1C. The minimum Gasteiger partial charge on any atom is -0.337 e.